The van der Waals surface area contributed by atoms with Gasteiger partial charge in [0, 0.05) is 64.5 Å². The van der Waals surface area contributed by atoms with Gasteiger partial charge in [-0.05, 0) is 122 Å². The third kappa shape index (κ3) is 9.62. The van der Waals surface area contributed by atoms with E-state index in [0.717, 1.165) is 77.3 Å². The largest absolute Gasteiger partial charge is 0.481 e. The lowest BCUT2D eigenvalue weighted by molar-refractivity contribution is -0.849. The Morgan fingerprint density at radius 1 is 0.703 bits per heavy atom. The first-order chi connectivity index (χ1) is 35.5. The number of allylic oxidation sites excluding steroid dienone is 5. The van der Waals surface area contributed by atoms with Crippen LogP contribution in [0.3, 0.4) is 0 Å². The van der Waals surface area contributed by atoms with Crippen molar-refractivity contribution >= 4 is 79.6 Å². The van der Waals surface area contributed by atoms with Crippen LogP contribution in [-0.4, -0.2) is 54.2 Å². The zero-order valence-corrected chi connectivity index (χ0v) is 43.1. The van der Waals surface area contributed by atoms with Crippen LogP contribution in [0.2, 0.25) is 0 Å². The number of nitrogens with zero attached hydrogens (tertiary/aromatic N) is 4. The second kappa shape index (κ2) is 20.5. The molecule has 0 aliphatic carbocycles. The Balaban J connectivity index is 0.976. The SMILES string of the molecule is Cc1ccc(N(c2ccc(C)cc2)c2ccc(/C=C/C=C(\C#N)C(=O)N(C)c3ccc4c(c3)C(C)(C)C(/C=C/C=C3/N(CCC(=O)O)c5c(c6ccccc6c6ccccc56)C3(C)C)[NH+]4CCC(=O)O)cc2)cc1. The maximum atomic E-state index is 14.0. The molecule has 2 heterocycles. The lowest BCUT2D eigenvalue weighted by Gasteiger charge is -2.28. The molecule has 0 saturated heterocycles. The first-order valence-corrected chi connectivity index (χ1v) is 25.1. The molecular weight excluding hydrogens is 919 g/mol. The number of carboxylic acid groups (broad SMARTS) is 2. The number of nitrogens with one attached hydrogen (secondary N) is 1. The van der Waals surface area contributed by atoms with Crippen LogP contribution in [0, 0.1) is 25.2 Å². The molecule has 2 unspecified atom stereocenters. The normalized spacial score (nSPS) is 17.2. The van der Waals surface area contributed by atoms with Gasteiger partial charge in [0.15, 0.2) is 0 Å². The zero-order chi connectivity index (χ0) is 52.5. The monoisotopic (exact) mass is 980 g/mol. The number of hydrogen-bond acceptors (Lipinski definition) is 6. The first kappa shape index (κ1) is 50.4. The molecule has 74 heavy (non-hydrogen) atoms. The number of aliphatic carboxylic acids is 2. The second-order valence-corrected chi connectivity index (χ2v) is 20.5. The summed E-state index contributed by atoms with van der Waals surface area (Å²) in [6.07, 6.45) is 11.3. The summed E-state index contributed by atoms with van der Waals surface area (Å²) >= 11 is 0. The van der Waals surface area contributed by atoms with Crippen molar-refractivity contribution in [1.82, 2.24) is 0 Å². The maximum absolute atomic E-state index is 14.0. The molecule has 10 nitrogen and oxygen atoms in total. The van der Waals surface area contributed by atoms with Gasteiger partial charge in [-0.1, -0.05) is 128 Å². The fourth-order valence-corrected chi connectivity index (χ4v) is 11.1. The van der Waals surface area contributed by atoms with E-state index in [0.29, 0.717) is 12.2 Å². The van der Waals surface area contributed by atoms with Crippen LogP contribution < -0.4 is 19.6 Å². The van der Waals surface area contributed by atoms with Gasteiger partial charge in [-0.15, -0.1) is 0 Å². The van der Waals surface area contributed by atoms with Crippen molar-refractivity contribution in [3.8, 4) is 6.07 Å². The molecular formula is C64H62N5O5+. The summed E-state index contributed by atoms with van der Waals surface area (Å²) in [5.74, 6) is -2.22. The Hall–Kier alpha value is -8.52. The van der Waals surface area contributed by atoms with Crippen molar-refractivity contribution in [3.63, 3.8) is 0 Å². The maximum Gasteiger partial charge on any atom is 0.309 e. The highest BCUT2D eigenvalue weighted by molar-refractivity contribution is 6.17. The summed E-state index contributed by atoms with van der Waals surface area (Å²) in [6, 6.07) is 49.5. The highest BCUT2D eigenvalue weighted by atomic mass is 16.4. The van der Waals surface area contributed by atoms with E-state index in [9.17, 15) is 29.9 Å². The topological polar surface area (TPSA) is 130 Å². The lowest BCUT2D eigenvalue weighted by Crippen LogP contribution is -3.10. The van der Waals surface area contributed by atoms with Gasteiger partial charge >= 0.3 is 11.9 Å². The predicted octanol–water partition coefficient (Wildman–Crippen LogP) is 12.6. The average molecular weight is 981 g/mol. The van der Waals surface area contributed by atoms with E-state index in [1.165, 1.54) is 16.0 Å². The van der Waals surface area contributed by atoms with E-state index in [2.05, 4.69) is 167 Å². The van der Waals surface area contributed by atoms with E-state index in [-0.39, 0.29) is 31.0 Å². The molecule has 10 heteroatoms. The standard InChI is InChI=1S/C64H61N5O5/c1-42-22-28-46(29-23-42)69(47-30-24-43(2)25-31-47)48-32-26-44(27-33-48)14-12-15-45(41-65)62(74)66(7)49-34-35-55-54(40-49)63(3,4)56(67(55)38-36-58(70)71)20-13-21-57-64(5,6)60-52-18-10-8-16-50(52)51-17-9-11-19-53(51)61(60)68(57)39-37-59(72)73/h8-35,40,56H,36-39H2,1-7H3,(H,70,71)(H,72,73)/p+1/b14-12+,20-13+,45-15+,57-21+. The van der Waals surface area contributed by atoms with Crippen molar-refractivity contribution in [2.75, 3.05) is 34.8 Å². The third-order valence-electron chi connectivity index (χ3n) is 15.0. The van der Waals surface area contributed by atoms with Crippen LogP contribution in [0.5, 0.6) is 0 Å². The highest BCUT2D eigenvalue weighted by Crippen LogP contribution is 2.54. The van der Waals surface area contributed by atoms with Crippen LogP contribution >= 0.6 is 0 Å². The number of fused-ring (bicyclic) bond motifs is 7. The molecule has 2 aliphatic rings. The molecule has 2 atom stereocenters. The molecule has 7 aromatic rings. The van der Waals surface area contributed by atoms with E-state index in [1.807, 2.05) is 54.6 Å². The van der Waals surface area contributed by atoms with Gasteiger partial charge in [-0.25, -0.2) is 0 Å². The minimum atomic E-state index is -0.890. The lowest BCUT2D eigenvalue weighted by atomic mass is 9.79. The summed E-state index contributed by atoms with van der Waals surface area (Å²) in [4.78, 5) is 45.1. The Labute approximate surface area is 433 Å². The molecule has 7 aromatic carbocycles. The zero-order valence-electron chi connectivity index (χ0n) is 43.1. The van der Waals surface area contributed by atoms with Gasteiger partial charge in [0.1, 0.15) is 23.4 Å². The summed E-state index contributed by atoms with van der Waals surface area (Å²) in [6.45, 7) is 13.4. The number of carboxylic acids is 2. The van der Waals surface area contributed by atoms with Gasteiger partial charge in [0.05, 0.1) is 30.5 Å². The second-order valence-electron chi connectivity index (χ2n) is 20.5. The molecule has 0 fully saturated rings. The van der Waals surface area contributed by atoms with Gasteiger partial charge in [-0.2, -0.15) is 5.26 Å². The van der Waals surface area contributed by atoms with Gasteiger partial charge in [0.2, 0.25) is 0 Å². The van der Waals surface area contributed by atoms with Crippen molar-refractivity contribution < 1.29 is 29.5 Å². The molecule has 0 radical (unpaired) electrons. The van der Waals surface area contributed by atoms with Crippen LogP contribution in [0.15, 0.2) is 181 Å². The summed E-state index contributed by atoms with van der Waals surface area (Å²) in [7, 11) is 1.66. The highest BCUT2D eigenvalue weighted by Gasteiger charge is 2.49. The van der Waals surface area contributed by atoms with Crippen molar-refractivity contribution in [2.24, 2.45) is 0 Å². The first-order valence-electron chi connectivity index (χ1n) is 25.1. The number of hydrogen-bond donors (Lipinski definition) is 3. The molecule has 372 valence electrons. The van der Waals surface area contributed by atoms with E-state index in [1.54, 1.807) is 19.2 Å². The smallest absolute Gasteiger partial charge is 0.309 e. The number of aryl methyl sites for hydroxylation is 2. The van der Waals surface area contributed by atoms with Crippen molar-refractivity contribution in [1.29, 1.82) is 5.26 Å². The summed E-state index contributed by atoms with van der Waals surface area (Å²) in [5, 5.41) is 34.6. The number of carbonyl (C=O) groups excluding carboxylic acids is 1. The van der Waals surface area contributed by atoms with E-state index < -0.39 is 28.7 Å². The summed E-state index contributed by atoms with van der Waals surface area (Å²) in [5.41, 5.74) is 11.0. The quantitative estimate of drug-likeness (QED) is 0.0401. The molecule has 1 amide bonds. The number of nitriles is 1. The van der Waals surface area contributed by atoms with Gasteiger partial charge in [0.25, 0.3) is 5.91 Å². The van der Waals surface area contributed by atoms with Gasteiger partial charge in [-0.3, -0.25) is 19.3 Å². The molecule has 0 aromatic heterocycles. The molecule has 9 rings (SSSR count). The van der Waals surface area contributed by atoms with Crippen LogP contribution in [-0.2, 0) is 25.2 Å². The van der Waals surface area contributed by atoms with Crippen LogP contribution in [0.4, 0.5) is 34.1 Å². The summed E-state index contributed by atoms with van der Waals surface area (Å²) < 4.78 is 0. The number of benzene rings is 7. The Bertz CT molecular complexity index is 3440. The number of carbonyl (C=O) groups is 3. The molecule has 0 bridgehead atoms. The number of amides is 1. The number of rotatable bonds is 15. The molecule has 2 aliphatic heterocycles. The molecule has 0 saturated carbocycles. The Morgan fingerprint density at radius 3 is 1.82 bits per heavy atom. The van der Waals surface area contributed by atoms with E-state index >= 15 is 0 Å². The third-order valence-corrected chi connectivity index (χ3v) is 15.0. The van der Waals surface area contributed by atoms with Crippen molar-refractivity contribution in [2.45, 2.75) is 71.3 Å². The van der Waals surface area contributed by atoms with E-state index in [4.69, 9.17) is 0 Å². The number of quaternary nitrogens is 1. The Morgan fingerprint density at radius 2 is 1.24 bits per heavy atom. The minimum Gasteiger partial charge on any atom is -0.481 e. The minimum absolute atomic E-state index is 0.0250. The number of likely N-dealkylation sites (N-methyl/N-ethyl adjacent to an activating group) is 1. The average Bonchev–Trinajstić information content (AvgIpc) is 3.75. The molecule has 0 spiro atoms. The Kier molecular flexibility index (Phi) is 14.0. The fourth-order valence-electron chi connectivity index (χ4n) is 11.1. The van der Waals surface area contributed by atoms with Crippen LogP contribution in [0.25, 0.3) is 27.6 Å². The predicted molar refractivity (Wildman–Crippen MR) is 299 cm³/mol. The van der Waals surface area contributed by atoms with Crippen molar-refractivity contribution in [3.05, 3.63) is 209 Å². The fraction of sp³-hybridized carbons (Fsp3) is 0.219. The van der Waals surface area contributed by atoms with Crippen LogP contribution in [0.1, 0.15) is 68.4 Å². The number of anilines is 5. The molecule has 3 N–H and O–H groups in total. The van der Waals surface area contributed by atoms with Gasteiger partial charge < -0.3 is 24.9 Å².